The van der Waals surface area contributed by atoms with Gasteiger partial charge in [0.1, 0.15) is 12.1 Å². The van der Waals surface area contributed by atoms with Gasteiger partial charge >= 0.3 is 0 Å². The third kappa shape index (κ3) is 5.17. The van der Waals surface area contributed by atoms with Crippen LogP contribution in [0.15, 0.2) is 53.3 Å². The van der Waals surface area contributed by atoms with Gasteiger partial charge in [-0.3, -0.25) is 14.5 Å². The number of piperidine rings is 1. The summed E-state index contributed by atoms with van der Waals surface area (Å²) in [6, 6.07) is 15.2. The van der Waals surface area contributed by atoms with E-state index < -0.39 is 0 Å². The van der Waals surface area contributed by atoms with E-state index in [-0.39, 0.29) is 18.0 Å². The maximum atomic E-state index is 12.5. The van der Waals surface area contributed by atoms with Crippen molar-refractivity contribution in [2.45, 2.75) is 39.9 Å². The molecule has 0 saturated carbocycles. The first kappa shape index (κ1) is 21.2. The second-order valence-electron chi connectivity index (χ2n) is 8.75. The Morgan fingerprint density at radius 3 is 2.48 bits per heavy atom. The lowest BCUT2D eigenvalue weighted by atomic mass is 9.91. The zero-order valence-electron chi connectivity index (χ0n) is 18.1. The molecule has 2 aromatic carbocycles. The smallest absolute Gasteiger partial charge is 0.278 e. The highest BCUT2D eigenvalue weighted by molar-refractivity contribution is 5.78. The molecule has 1 saturated heterocycles. The van der Waals surface area contributed by atoms with Crippen molar-refractivity contribution in [3.05, 3.63) is 70.0 Å². The molecule has 0 spiro atoms. The molecule has 1 aliphatic heterocycles. The third-order valence-electron chi connectivity index (χ3n) is 5.86. The van der Waals surface area contributed by atoms with Crippen LogP contribution in [-0.4, -0.2) is 38.9 Å². The van der Waals surface area contributed by atoms with Gasteiger partial charge in [-0.15, -0.1) is 5.10 Å². The van der Waals surface area contributed by atoms with Gasteiger partial charge in [-0.05, 0) is 41.5 Å². The number of amides is 1. The van der Waals surface area contributed by atoms with Crippen molar-refractivity contribution < 1.29 is 4.79 Å². The maximum absolute atomic E-state index is 12.5. The van der Waals surface area contributed by atoms with Crippen LogP contribution in [0.2, 0.25) is 0 Å². The highest BCUT2D eigenvalue weighted by Crippen LogP contribution is 2.23. The summed E-state index contributed by atoms with van der Waals surface area (Å²) in [6.45, 7) is 7.99. The van der Waals surface area contributed by atoms with E-state index in [0.29, 0.717) is 29.3 Å². The molecule has 3 aromatic rings. The van der Waals surface area contributed by atoms with E-state index in [1.807, 2.05) is 12.1 Å². The SMILES string of the molecule is C[C@H]1C[C@H](C)CN(Cc2ccccc2CNC(=O)Cn2nnc3ccccc3c2=O)C1. The Hall–Kier alpha value is -3.06. The molecule has 4 rings (SSSR count). The molecule has 0 unspecified atom stereocenters. The summed E-state index contributed by atoms with van der Waals surface area (Å²) in [5.74, 6) is 1.15. The molecule has 1 aliphatic rings. The summed E-state index contributed by atoms with van der Waals surface area (Å²) in [6.07, 6.45) is 1.28. The third-order valence-corrected chi connectivity index (χ3v) is 5.86. The highest BCUT2D eigenvalue weighted by Gasteiger charge is 2.22. The molecule has 1 aromatic heterocycles. The van der Waals surface area contributed by atoms with Crippen LogP contribution in [0, 0.1) is 11.8 Å². The van der Waals surface area contributed by atoms with Crippen molar-refractivity contribution in [2.75, 3.05) is 13.1 Å². The van der Waals surface area contributed by atoms with Gasteiger partial charge in [0, 0.05) is 26.2 Å². The fraction of sp³-hybridized carbons (Fsp3) is 0.417. The monoisotopic (exact) mass is 419 g/mol. The van der Waals surface area contributed by atoms with Crippen molar-refractivity contribution in [2.24, 2.45) is 11.8 Å². The minimum Gasteiger partial charge on any atom is -0.350 e. The van der Waals surface area contributed by atoms with Gasteiger partial charge in [-0.2, -0.15) is 0 Å². The molecule has 1 amide bonds. The summed E-state index contributed by atoms with van der Waals surface area (Å²) in [7, 11) is 0. The first-order chi connectivity index (χ1) is 15.0. The van der Waals surface area contributed by atoms with Gasteiger partial charge in [-0.1, -0.05) is 55.5 Å². The zero-order chi connectivity index (χ0) is 21.8. The highest BCUT2D eigenvalue weighted by atomic mass is 16.2. The number of carbonyl (C=O) groups excluding carboxylic acids is 1. The Balaban J connectivity index is 1.40. The number of hydrogen-bond acceptors (Lipinski definition) is 5. The van der Waals surface area contributed by atoms with Gasteiger partial charge in [0.05, 0.1) is 5.39 Å². The molecule has 7 heteroatoms. The number of nitrogens with zero attached hydrogens (tertiary/aromatic N) is 4. The molecule has 2 atom stereocenters. The van der Waals surface area contributed by atoms with Crippen molar-refractivity contribution in [3.8, 4) is 0 Å². The number of hydrogen-bond donors (Lipinski definition) is 1. The number of rotatable bonds is 6. The molecule has 31 heavy (non-hydrogen) atoms. The van der Waals surface area contributed by atoms with Crippen LogP contribution in [0.25, 0.3) is 10.9 Å². The van der Waals surface area contributed by atoms with Gasteiger partial charge in [0.15, 0.2) is 0 Å². The lowest BCUT2D eigenvalue weighted by molar-refractivity contribution is -0.122. The fourth-order valence-electron chi connectivity index (χ4n) is 4.56. The van der Waals surface area contributed by atoms with E-state index in [0.717, 1.165) is 29.9 Å². The van der Waals surface area contributed by atoms with E-state index in [1.165, 1.54) is 12.0 Å². The molecular weight excluding hydrogens is 390 g/mol. The molecule has 1 fully saturated rings. The van der Waals surface area contributed by atoms with Crippen LogP contribution in [0.4, 0.5) is 0 Å². The van der Waals surface area contributed by atoms with Gasteiger partial charge in [-0.25, -0.2) is 4.68 Å². The Morgan fingerprint density at radius 1 is 1.03 bits per heavy atom. The number of benzene rings is 2. The van der Waals surface area contributed by atoms with E-state index in [1.54, 1.807) is 24.3 Å². The molecular formula is C24H29N5O2. The maximum Gasteiger partial charge on any atom is 0.278 e. The van der Waals surface area contributed by atoms with E-state index in [4.69, 9.17) is 0 Å². The summed E-state index contributed by atoms with van der Waals surface area (Å²) in [5.41, 5.74) is 2.54. The molecule has 7 nitrogen and oxygen atoms in total. The minimum absolute atomic E-state index is 0.153. The fourth-order valence-corrected chi connectivity index (χ4v) is 4.56. The van der Waals surface area contributed by atoms with E-state index in [9.17, 15) is 9.59 Å². The number of carbonyl (C=O) groups is 1. The summed E-state index contributed by atoms with van der Waals surface area (Å²) in [4.78, 5) is 27.6. The van der Waals surface area contributed by atoms with Crippen LogP contribution < -0.4 is 10.9 Å². The summed E-state index contributed by atoms with van der Waals surface area (Å²) < 4.78 is 1.11. The lowest BCUT2D eigenvalue weighted by Gasteiger charge is -2.35. The molecule has 0 aliphatic carbocycles. The summed E-state index contributed by atoms with van der Waals surface area (Å²) in [5, 5.41) is 11.3. The van der Waals surface area contributed by atoms with Gasteiger partial charge in [0.2, 0.25) is 5.91 Å². The number of likely N-dealkylation sites (tertiary alicyclic amines) is 1. The zero-order valence-corrected chi connectivity index (χ0v) is 18.1. The number of nitrogens with one attached hydrogen (secondary N) is 1. The first-order valence-corrected chi connectivity index (χ1v) is 10.9. The van der Waals surface area contributed by atoms with E-state index in [2.05, 4.69) is 46.5 Å². The van der Waals surface area contributed by atoms with Crippen LogP contribution in [0.1, 0.15) is 31.4 Å². The van der Waals surface area contributed by atoms with Gasteiger partial charge < -0.3 is 5.32 Å². The Morgan fingerprint density at radius 2 is 1.71 bits per heavy atom. The van der Waals surface area contributed by atoms with Gasteiger partial charge in [0.25, 0.3) is 5.56 Å². The predicted octanol–water partition coefficient (Wildman–Crippen LogP) is 2.59. The molecule has 162 valence electrons. The van der Waals surface area contributed by atoms with Crippen molar-refractivity contribution in [3.63, 3.8) is 0 Å². The average Bonchev–Trinajstić information content (AvgIpc) is 2.74. The topological polar surface area (TPSA) is 80.1 Å². The second kappa shape index (κ2) is 9.39. The second-order valence-corrected chi connectivity index (χ2v) is 8.75. The van der Waals surface area contributed by atoms with E-state index >= 15 is 0 Å². The number of fused-ring (bicyclic) bond motifs is 1. The summed E-state index contributed by atoms with van der Waals surface area (Å²) >= 11 is 0. The molecule has 0 radical (unpaired) electrons. The molecule has 2 heterocycles. The standard InChI is InChI=1S/C24H29N5O2/c1-17-11-18(2)14-28(13-17)15-20-8-4-3-7-19(20)12-25-23(30)16-29-24(31)21-9-5-6-10-22(21)26-27-29/h3-10,17-18H,11-16H2,1-2H3,(H,25,30)/t17-,18-/m0/s1. The molecule has 1 N–H and O–H groups in total. The Labute approximate surface area is 182 Å². The minimum atomic E-state index is -0.311. The predicted molar refractivity (Wildman–Crippen MR) is 120 cm³/mol. The van der Waals surface area contributed by atoms with Crippen molar-refractivity contribution in [1.82, 2.24) is 25.2 Å². The normalized spacial score (nSPS) is 19.4. The Bertz CT molecular complexity index is 1120. The van der Waals surface area contributed by atoms with Crippen LogP contribution in [-0.2, 0) is 24.4 Å². The number of aromatic nitrogens is 3. The lowest BCUT2D eigenvalue weighted by Crippen LogP contribution is -2.38. The molecule has 0 bridgehead atoms. The van der Waals surface area contributed by atoms with Crippen LogP contribution in [0.5, 0.6) is 0 Å². The Kier molecular flexibility index (Phi) is 6.42. The first-order valence-electron chi connectivity index (χ1n) is 10.9. The average molecular weight is 420 g/mol. The largest absolute Gasteiger partial charge is 0.350 e. The van der Waals surface area contributed by atoms with Crippen LogP contribution >= 0.6 is 0 Å². The van der Waals surface area contributed by atoms with Crippen LogP contribution in [0.3, 0.4) is 0 Å². The van der Waals surface area contributed by atoms with Crippen molar-refractivity contribution in [1.29, 1.82) is 0 Å². The quantitative estimate of drug-likeness (QED) is 0.664. The van der Waals surface area contributed by atoms with Crippen molar-refractivity contribution >= 4 is 16.8 Å².